The summed E-state index contributed by atoms with van der Waals surface area (Å²) in [5.41, 5.74) is 2.06. The van der Waals surface area contributed by atoms with E-state index in [1.54, 1.807) is 6.07 Å². The second-order valence-corrected chi connectivity index (χ2v) is 5.19. The number of nitro benzene ring substituents is 1. The molecule has 2 N–H and O–H groups in total. The molecule has 0 saturated carbocycles. The van der Waals surface area contributed by atoms with Crippen molar-refractivity contribution in [2.75, 3.05) is 12.8 Å². The number of alkyl halides is 3. The average molecular weight is 368 g/mol. The van der Waals surface area contributed by atoms with Gasteiger partial charge in [-0.2, -0.15) is 18.4 Å². The molecular weight excluding hydrogens is 357 g/mol. The second kappa shape index (κ2) is 6.40. The van der Waals surface area contributed by atoms with Crippen molar-refractivity contribution in [2.45, 2.75) is 13.1 Å². The van der Waals surface area contributed by atoms with Crippen LogP contribution >= 0.6 is 0 Å². The fourth-order valence-electron chi connectivity index (χ4n) is 2.43. The minimum atomic E-state index is -4.80. The minimum absolute atomic E-state index is 0.183. The third kappa shape index (κ3) is 3.04. The van der Waals surface area contributed by atoms with E-state index in [0.29, 0.717) is 6.07 Å². The number of benzene rings is 1. The molecule has 0 atom stereocenters. The highest BCUT2D eigenvalue weighted by Crippen LogP contribution is 2.38. The summed E-state index contributed by atoms with van der Waals surface area (Å²) in [7, 11) is 1.03. The van der Waals surface area contributed by atoms with Crippen LogP contribution in [0, 0.1) is 28.4 Å². The molecule has 0 saturated heterocycles. The standard InChI is InChI=1S/C15H11F3N4O4/c1-7-3-10(11(22(24)25)4-9(7)15(16,17)18)21-6-8(5-19)12(20)13(21)14(23)26-2/h3-4,6H,20H2,1-2H3. The number of ether oxygens (including phenoxy) is 1. The van der Waals surface area contributed by atoms with Crippen LogP contribution in [0.2, 0.25) is 0 Å². The number of halogens is 3. The topological polar surface area (TPSA) is 124 Å². The van der Waals surface area contributed by atoms with Crippen LogP contribution in [0.5, 0.6) is 0 Å². The summed E-state index contributed by atoms with van der Waals surface area (Å²) < 4.78 is 44.6. The Morgan fingerprint density at radius 2 is 2.04 bits per heavy atom. The van der Waals surface area contributed by atoms with E-state index in [9.17, 15) is 28.1 Å². The Balaban J connectivity index is 2.89. The molecular formula is C15H11F3N4O4. The Morgan fingerprint density at radius 1 is 1.42 bits per heavy atom. The lowest BCUT2D eigenvalue weighted by atomic mass is 10.1. The molecule has 1 aromatic carbocycles. The fourth-order valence-corrected chi connectivity index (χ4v) is 2.43. The molecule has 136 valence electrons. The van der Waals surface area contributed by atoms with Crippen molar-refractivity contribution in [1.82, 2.24) is 4.57 Å². The number of aryl methyl sites for hydroxylation is 1. The number of esters is 1. The highest BCUT2D eigenvalue weighted by atomic mass is 19.4. The molecule has 1 aromatic heterocycles. The van der Waals surface area contributed by atoms with Gasteiger partial charge in [0.15, 0.2) is 5.69 Å². The van der Waals surface area contributed by atoms with Gasteiger partial charge in [0, 0.05) is 12.3 Å². The molecule has 8 nitrogen and oxygen atoms in total. The van der Waals surface area contributed by atoms with E-state index in [1.165, 1.54) is 0 Å². The van der Waals surface area contributed by atoms with Gasteiger partial charge in [-0.1, -0.05) is 0 Å². The number of hydrogen-bond donors (Lipinski definition) is 1. The predicted molar refractivity (Wildman–Crippen MR) is 82.6 cm³/mol. The molecule has 26 heavy (non-hydrogen) atoms. The van der Waals surface area contributed by atoms with Crippen LogP contribution in [-0.4, -0.2) is 22.6 Å². The van der Waals surface area contributed by atoms with Gasteiger partial charge in [0.05, 0.1) is 28.8 Å². The number of nitrogen functional groups attached to an aromatic ring is 1. The van der Waals surface area contributed by atoms with Crippen molar-refractivity contribution in [3.05, 3.63) is 50.8 Å². The Morgan fingerprint density at radius 3 is 2.50 bits per heavy atom. The third-order valence-corrected chi connectivity index (χ3v) is 3.63. The quantitative estimate of drug-likeness (QED) is 0.504. The molecule has 0 radical (unpaired) electrons. The first-order valence-electron chi connectivity index (χ1n) is 6.88. The predicted octanol–water partition coefficient (Wildman–Crippen LogP) is 2.95. The van der Waals surface area contributed by atoms with Gasteiger partial charge in [0.25, 0.3) is 5.69 Å². The second-order valence-electron chi connectivity index (χ2n) is 5.19. The summed E-state index contributed by atoms with van der Waals surface area (Å²) in [5.74, 6) is -1.00. The van der Waals surface area contributed by atoms with Crippen LogP contribution < -0.4 is 5.73 Å². The van der Waals surface area contributed by atoms with Crippen molar-refractivity contribution in [3.8, 4) is 11.8 Å². The van der Waals surface area contributed by atoms with Crippen molar-refractivity contribution in [2.24, 2.45) is 0 Å². The lowest BCUT2D eigenvalue weighted by Crippen LogP contribution is -2.14. The number of hydrogen-bond acceptors (Lipinski definition) is 6. The fraction of sp³-hybridized carbons (Fsp3) is 0.200. The molecule has 0 aliphatic heterocycles. The number of aromatic nitrogens is 1. The molecule has 0 unspecified atom stereocenters. The minimum Gasteiger partial charge on any atom is -0.464 e. The number of methoxy groups -OCH3 is 1. The maximum Gasteiger partial charge on any atom is 0.416 e. The summed E-state index contributed by atoms with van der Waals surface area (Å²) in [6.45, 7) is 1.12. The molecule has 1 heterocycles. The molecule has 0 fully saturated rings. The van der Waals surface area contributed by atoms with Crippen LogP contribution in [0.4, 0.5) is 24.5 Å². The molecule has 11 heteroatoms. The van der Waals surface area contributed by atoms with Gasteiger partial charge >= 0.3 is 12.1 Å². The summed E-state index contributed by atoms with van der Waals surface area (Å²) in [6.07, 6.45) is -3.78. The van der Waals surface area contributed by atoms with Crippen LogP contribution in [0.25, 0.3) is 5.69 Å². The van der Waals surface area contributed by atoms with Crippen molar-refractivity contribution in [3.63, 3.8) is 0 Å². The number of carbonyl (C=O) groups excluding carboxylic acids is 1. The maximum absolute atomic E-state index is 13.0. The highest BCUT2D eigenvalue weighted by molar-refractivity contribution is 5.96. The smallest absolute Gasteiger partial charge is 0.416 e. The van der Waals surface area contributed by atoms with E-state index in [2.05, 4.69) is 4.74 Å². The number of carbonyl (C=O) groups is 1. The maximum atomic E-state index is 13.0. The van der Waals surface area contributed by atoms with Gasteiger partial charge in [-0.3, -0.25) is 10.1 Å². The van der Waals surface area contributed by atoms with E-state index in [-0.39, 0.29) is 22.5 Å². The summed E-state index contributed by atoms with van der Waals surface area (Å²) >= 11 is 0. The number of rotatable bonds is 3. The number of nitrogens with zero attached hydrogens (tertiary/aromatic N) is 3. The number of anilines is 1. The Bertz CT molecular complexity index is 957. The van der Waals surface area contributed by atoms with E-state index in [0.717, 1.165) is 30.9 Å². The molecule has 2 aromatic rings. The first kappa shape index (κ1) is 18.8. The monoisotopic (exact) mass is 368 g/mol. The molecule has 0 bridgehead atoms. The van der Waals surface area contributed by atoms with Crippen LogP contribution in [0.1, 0.15) is 27.2 Å². The molecule has 2 rings (SSSR count). The van der Waals surface area contributed by atoms with Crippen molar-refractivity contribution < 1.29 is 27.6 Å². The highest BCUT2D eigenvalue weighted by Gasteiger charge is 2.36. The van der Waals surface area contributed by atoms with Crippen LogP contribution in [0.15, 0.2) is 18.3 Å². The number of nitriles is 1. The average Bonchev–Trinajstić information content (AvgIpc) is 2.88. The number of nitrogens with two attached hydrogens (primary N) is 1. The van der Waals surface area contributed by atoms with Gasteiger partial charge in [0.2, 0.25) is 0 Å². The Hall–Kier alpha value is -3.55. The van der Waals surface area contributed by atoms with E-state index in [4.69, 9.17) is 11.0 Å². The normalized spacial score (nSPS) is 11.1. The van der Waals surface area contributed by atoms with E-state index < -0.39 is 34.0 Å². The summed E-state index contributed by atoms with van der Waals surface area (Å²) in [6, 6.07) is 2.97. The third-order valence-electron chi connectivity index (χ3n) is 3.63. The lowest BCUT2D eigenvalue weighted by Gasteiger charge is -2.14. The number of nitro groups is 1. The van der Waals surface area contributed by atoms with Crippen molar-refractivity contribution in [1.29, 1.82) is 5.26 Å². The van der Waals surface area contributed by atoms with E-state index >= 15 is 0 Å². The van der Waals surface area contributed by atoms with Gasteiger partial charge in [-0.15, -0.1) is 0 Å². The van der Waals surface area contributed by atoms with Crippen molar-refractivity contribution >= 4 is 17.3 Å². The largest absolute Gasteiger partial charge is 0.464 e. The summed E-state index contributed by atoms with van der Waals surface area (Å²) in [5, 5.41) is 20.4. The van der Waals surface area contributed by atoms with Gasteiger partial charge in [-0.05, 0) is 18.6 Å². The van der Waals surface area contributed by atoms with E-state index in [1.807, 2.05) is 0 Å². The first-order valence-corrected chi connectivity index (χ1v) is 6.88. The zero-order chi connectivity index (χ0) is 19.8. The Kier molecular flexibility index (Phi) is 4.62. The molecule has 0 aliphatic carbocycles. The zero-order valence-electron chi connectivity index (χ0n) is 13.4. The van der Waals surface area contributed by atoms with Gasteiger partial charge in [-0.25, -0.2) is 4.79 Å². The zero-order valence-corrected chi connectivity index (χ0v) is 13.4. The Labute approximate surface area is 144 Å². The summed E-state index contributed by atoms with van der Waals surface area (Å²) in [4.78, 5) is 22.3. The lowest BCUT2D eigenvalue weighted by molar-refractivity contribution is -0.384. The molecule has 0 spiro atoms. The van der Waals surface area contributed by atoms with Crippen LogP contribution in [0.3, 0.4) is 0 Å². The SMILES string of the molecule is COC(=O)c1c(N)c(C#N)cn1-c1cc(C)c(C(F)(F)F)cc1[N+](=O)[O-]. The first-order chi connectivity index (χ1) is 12.0. The van der Waals surface area contributed by atoms with Crippen LogP contribution in [-0.2, 0) is 10.9 Å². The van der Waals surface area contributed by atoms with Gasteiger partial charge in [0.1, 0.15) is 11.8 Å². The molecule has 0 amide bonds. The van der Waals surface area contributed by atoms with Gasteiger partial charge < -0.3 is 15.0 Å². The molecule has 0 aliphatic rings.